The van der Waals surface area contributed by atoms with Gasteiger partial charge in [0.25, 0.3) is 0 Å². The summed E-state index contributed by atoms with van der Waals surface area (Å²) >= 11 is 3.42. The van der Waals surface area contributed by atoms with Gasteiger partial charge < -0.3 is 10.6 Å². The monoisotopic (exact) mass is 456 g/mol. The van der Waals surface area contributed by atoms with Gasteiger partial charge in [0.05, 0.1) is 13.1 Å². The minimum atomic E-state index is -0.273. The maximum absolute atomic E-state index is 12.0. The summed E-state index contributed by atoms with van der Waals surface area (Å²) in [5.74, 6) is 0.0796. The van der Waals surface area contributed by atoms with E-state index in [1.165, 1.54) is 4.80 Å². The topological polar surface area (TPSA) is 102 Å². The van der Waals surface area contributed by atoms with Gasteiger partial charge in [-0.2, -0.15) is 4.80 Å². The summed E-state index contributed by atoms with van der Waals surface area (Å²) in [4.78, 5) is 25.4. The molecule has 0 saturated heterocycles. The Morgan fingerprint density at radius 2 is 1.90 bits per heavy atom. The molecule has 150 valence electrons. The first-order chi connectivity index (χ1) is 14.0. The Kier molecular flexibility index (Phi) is 7.07. The lowest BCUT2D eigenvalue weighted by molar-refractivity contribution is -0.124. The van der Waals surface area contributed by atoms with Crippen molar-refractivity contribution in [1.82, 2.24) is 25.5 Å². The average molecular weight is 457 g/mol. The third kappa shape index (κ3) is 6.21. The lowest BCUT2D eigenvalue weighted by Gasteiger charge is -2.08. The van der Waals surface area contributed by atoms with Crippen LogP contribution in [0.4, 0.5) is 5.69 Å². The van der Waals surface area contributed by atoms with Crippen molar-refractivity contribution in [3.8, 4) is 11.4 Å². The van der Waals surface area contributed by atoms with Crippen molar-refractivity contribution >= 4 is 33.4 Å². The molecule has 9 heteroatoms. The van der Waals surface area contributed by atoms with Crippen molar-refractivity contribution in [2.75, 3.05) is 11.9 Å². The van der Waals surface area contributed by atoms with E-state index in [0.717, 1.165) is 15.6 Å². The lowest BCUT2D eigenvalue weighted by atomic mass is 10.2. The van der Waals surface area contributed by atoms with Gasteiger partial charge in [-0.25, -0.2) is 0 Å². The molecule has 3 aromatic rings. The first kappa shape index (κ1) is 20.7. The van der Waals surface area contributed by atoms with Gasteiger partial charge in [-0.1, -0.05) is 46.3 Å². The van der Waals surface area contributed by atoms with E-state index < -0.39 is 0 Å². The van der Waals surface area contributed by atoms with E-state index >= 15 is 0 Å². The number of aryl methyl sites for hydroxylation is 2. The van der Waals surface area contributed by atoms with Gasteiger partial charge in [0.1, 0.15) is 0 Å². The summed E-state index contributed by atoms with van der Waals surface area (Å²) < 4.78 is 0.974. The SMILES string of the molecule is Cc1cc(NC(=O)CNC(=O)CCCn2nnc(-c3ccccc3)n2)ccc1Br. The third-order valence-corrected chi connectivity index (χ3v) is 5.02. The zero-order valence-electron chi connectivity index (χ0n) is 15.9. The standard InChI is InChI=1S/C20H21BrN6O2/c1-14-12-16(9-10-17(14)21)23-19(29)13-22-18(28)8-5-11-27-25-20(24-26-27)15-6-3-2-4-7-15/h2-4,6-7,9-10,12H,5,8,11,13H2,1H3,(H,22,28)(H,23,29). The van der Waals surface area contributed by atoms with Gasteiger partial charge in [0, 0.05) is 22.1 Å². The number of carbonyl (C=O) groups is 2. The van der Waals surface area contributed by atoms with Crippen LogP contribution < -0.4 is 10.6 Å². The number of anilines is 1. The maximum atomic E-state index is 12.0. The van der Waals surface area contributed by atoms with Crippen molar-refractivity contribution in [1.29, 1.82) is 0 Å². The molecule has 29 heavy (non-hydrogen) atoms. The van der Waals surface area contributed by atoms with Gasteiger partial charge in [0.15, 0.2) is 0 Å². The normalized spacial score (nSPS) is 10.6. The van der Waals surface area contributed by atoms with Crippen LogP contribution in [-0.4, -0.2) is 38.6 Å². The van der Waals surface area contributed by atoms with Crippen molar-refractivity contribution < 1.29 is 9.59 Å². The minimum absolute atomic E-state index is 0.0757. The molecule has 0 unspecified atom stereocenters. The molecule has 0 radical (unpaired) electrons. The zero-order valence-corrected chi connectivity index (χ0v) is 17.5. The van der Waals surface area contributed by atoms with Crippen LogP contribution in [0.3, 0.4) is 0 Å². The fourth-order valence-electron chi connectivity index (χ4n) is 2.62. The molecule has 0 bridgehead atoms. The Labute approximate surface area is 176 Å². The van der Waals surface area contributed by atoms with E-state index in [1.54, 1.807) is 6.07 Å². The fourth-order valence-corrected chi connectivity index (χ4v) is 2.86. The van der Waals surface area contributed by atoms with Gasteiger partial charge in [-0.15, -0.1) is 10.2 Å². The molecule has 0 fully saturated rings. The fraction of sp³-hybridized carbons (Fsp3) is 0.250. The number of carbonyl (C=O) groups excluding carboxylic acids is 2. The molecule has 1 heterocycles. The predicted octanol–water partition coefficient (Wildman–Crippen LogP) is 2.95. The maximum Gasteiger partial charge on any atom is 0.243 e. The molecule has 0 aliphatic heterocycles. The number of tetrazole rings is 1. The van der Waals surface area contributed by atoms with Crippen molar-refractivity contribution in [2.45, 2.75) is 26.3 Å². The molecule has 1 aromatic heterocycles. The van der Waals surface area contributed by atoms with E-state index in [1.807, 2.05) is 49.4 Å². The number of halogens is 1. The highest BCUT2D eigenvalue weighted by molar-refractivity contribution is 9.10. The molecule has 0 atom stereocenters. The van der Waals surface area contributed by atoms with E-state index in [2.05, 4.69) is 42.0 Å². The second-order valence-corrected chi connectivity index (χ2v) is 7.32. The summed E-state index contributed by atoms with van der Waals surface area (Å²) in [6.45, 7) is 2.33. The molecular weight excluding hydrogens is 436 g/mol. The van der Waals surface area contributed by atoms with E-state index in [9.17, 15) is 9.59 Å². The van der Waals surface area contributed by atoms with Crippen molar-refractivity contribution in [2.24, 2.45) is 0 Å². The van der Waals surface area contributed by atoms with E-state index in [0.29, 0.717) is 24.5 Å². The van der Waals surface area contributed by atoms with Crippen LogP contribution in [-0.2, 0) is 16.1 Å². The first-order valence-electron chi connectivity index (χ1n) is 9.17. The lowest BCUT2D eigenvalue weighted by Crippen LogP contribution is -2.32. The van der Waals surface area contributed by atoms with Crippen molar-refractivity contribution in [3.05, 3.63) is 58.6 Å². The van der Waals surface area contributed by atoms with Crippen LogP contribution in [0.1, 0.15) is 18.4 Å². The molecule has 2 amide bonds. The van der Waals surface area contributed by atoms with Gasteiger partial charge >= 0.3 is 0 Å². The number of rotatable bonds is 8. The Morgan fingerprint density at radius 1 is 1.10 bits per heavy atom. The number of nitrogens with one attached hydrogen (secondary N) is 2. The van der Waals surface area contributed by atoms with Crippen LogP contribution in [0.5, 0.6) is 0 Å². The number of benzene rings is 2. The summed E-state index contributed by atoms with van der Waals surface area (Å²) in [7, 11) is 0. The van der Waals surface area contributed by atoms with Gasteiger partial charge in [-0.05, 0) is 42.3 Å². The highest BCUT2D eigenvalue weighted by atomic mass is 79.9. The molecule has 3 rings (SSSR count). The number of nitrogens with zero attached hydrogens (tertiary/aromatic N) is 4. The van der Waals surface area contributed by atoms with Crippen LogP contribution in [0, 0.1) is 6.92 Å². The zero-order chi connectivity index (χ0) is 20.6. The Bertz CT molecular complexity index is 990. The molecule has 0 spiro atoms. The average Bonchev–Trinajstić information content (AvgIpc) is 3.19. The minimum Gasteiger partial charge on any atom is -0.347 e. The highest BCUT2D eigenvalue weighted by Gasteiger charge is 2.09. The Hall–Kier alpha value is -3.07. The van der Waals surface area contributed by atoms with Crippen LogP contribution >= 0.6 is 15.9 Å². The summed E-state index contributed by atoms with van der Waals surface area (Å²) in [6.07, 6.45) is 0.816. The molecule has 0 aliphatic carbocycles. The predicted molar refractivity (Wildman–Crippen MR) is 113 cm³/mol. The second-order valence-electron chi connectivity index (χ2n) is 6.47. The molecule has 2 aromatic carbocycles. The molecular formula is C20H21BrN6O2. The number of amides is 2. The smallest absolute Gasteiger partial charge is 0.243 e. The summed E-state index contributed by atoms with van der Waals surface area (Å²) in [5, 5.41) is 17.7. The molecule has 2 N–H and O–H groups in total. The molecule has 0 aliphatic rings. The van der Waals surface area contributed by atoms with Gasteiger partial charge in [-0.3, -0.25) is 9.59 Å². The first-order valence-corrected chi connectivity index (χ1v) is 9.96. The number of aromatic nitrogens is 4. The van der Waals surface area contributed by atoms with Crippen LogP contribution in [0.2, 0.25) is 0 Å². The van der Waals surface area contributed by atoms with E-state index in [4.69, 9.17) is 0 Å². The third-order valence-electron chi connectivity index (χ3n) is 4.13. The van der Waals surface area contributed by atoms with Crippen LogP contribution in [0.25, 0.3) is 11.4 Å². The van der Waals surface area contributed by atoms with Crippen molar-refractivity contribution in [3.63, 3.8) is 0 Å². The van der Waals surface area contributed by atoms with E-state index in [-0.39, 0.29) is 24.8 Å². The van der Waals surface area contributed by atoms with Crippen LogP contribution in [0.15, 0.2) is 53.0 Å². The Balaban J connectivity index is 1.37. The largest absolute Gasteiger partial charge is 0.347 e. The second kappa shape index (κ2) is 9.92. The number of hydrogen-bond donors (Lipinski definition) is 2. The quantitative estimate of drug-likeness (QED) is 0.542. The molecule has 0 saturated carbocycles. The summed E-state index contributed by atoms with van der Waals surface area (Å²) in [5.41, 5.74) is 2.60. The number of hydrogen-bond acceptors (Lipinski definition) is 5. The molecule has 8 nitrogen and oxygen atoms in total. The highest BCUT2D eigenvalue weighted by Crippen LogP contribution is 2.19. The summed E-state index contributed by atoms with van der Waals surface area (Å²) in [6, 6.07) is 15.1. The van der Waals surface area contributed by atoms with Gasteiger partial charge in [0.2, 0.25) is 17.6 Å². The Morgan fingerprint density at radius 3 is 2.66 bits per heavy atom.